The number of aliphatic hydroxyl groups is 1. The molecule has 4 heteroatoms. The number of aliphatic hydroxyl groups excluding tert-OH is 1. The minimum absolute atomic E-state index is 0.511. The Hall–Kier alpha value is -1.36. The molecular formula is C16H17BrO3. The predicted octanol–water partition coefficient (Wildman–Crippen LogP) is 4.44. The van der Waals surface area contributed by atoms with Gasteiger partial charge in [-0.1, -0.05) is 34.1 Å². The van der Waals surface area contributed by atoms with E-state index < -0.39 is 6.10 Å². The lowest BCUT2D eigenvalue weighted by atomic mass is 10.1. The SMILES string of the molecule is COCc1cccc(Oc2ccc([C@@H](C)O)c(Br)c2)c1. The fraction of sp³-hybridized carbons (Fsp3) is 0.250. The molecule has 2 rings (SSSR count). The van der Waals surface area contributed by atoms with Gasteiger partial charge in [-0.3, -0.25) is 0 Å². The summed E-state index contributed by atoms with van der Waals surface area (Å²) in [5, 5.41) is 9.60. The number of benzene rings is 2. The van der Waals surface area contributed by atoms with Crippen LogP contribution in [0.15, 0.2) is 46.9 Å². The highest BCUT2D eigenvalue weighted by molar-refractivity contribution is 9.10. The molecule has 0 fully saturated rings. The molecule has 0 saturated heterocycles. The van der Waals surface area contributed by atoms with Crippen LogP contribution in [0.4, 0.5) is 0 Å². The molecule has 2 aromatic carbocycles. The first-order valence-electron chi connectivity index (χ1n) is 6.33. The van der Waals surface area contributed by atoms with Crippen molar-refractivity contribution in [2.45, 2.75) is 19.6 Å². The Balaban J connectivity index is 2.17. The lowest BCUT2D eigenvalue weighted by Gasteiger charge is -2.11. The molecule has 0 spiro atoms. The lowest BCUT2D eigenvalue weighted by molar-refractivity contribution is 0.184. The Bertz CT molecular complexity index is 582. The van der Waals surface area contributed by atoms with Crippen molar-refractivity contribution in [2.75, 3.05) is 7.11 Å². The summed E-state index contributed by atoms with van der Waals surface area (Å²) in [5.41, 5.74) is 1.90. The molecule has 2 aromatic rings. The summed E-state index contributed by atoms with van der Waals surface area (Å²) in [6.07, 6.45) is -0.511. The van der Waals surface area contributed by atoms with E-state index >= 15 is 0 Å². The number of rotatable bonds is 5. The summed E-state index contributed by atoms with van der Waals surface area (Å²) in [6, 6.07) is 13.3. The average molecular weight is 337 g/mol. The molecule has 0 aliphatic carbocycles. The zero-order valence-electron chi connectivity index (χ0n) is 11.5. The molecule has 0 unspecified atom stereocenters. The largest absolute Gasteiger partial charge is 0.457 e. The Kier molecular flexibility index (Phi) is 5.17. The second-order valence-corrected chi connectivity index (χ2v) is 5.40. The molecule has 106 valence electrons. The van der Waals surface area contributed by atoms with Crippen molar-refractivity contribution in [2.24, 2.45) is 0 Å². The summed E-state index contributed by atoms with van der Waals surface area (Å²) >= 11 is 3.44. The van der Waals surface area contributed by atoms with Gasteiger partial charge in [0.25, 0.3) is 0 Å². The predicted molar refractivity (Wildman–Crippen MR) is 82.0 cm³/mol. The maximum Gasteiger partial charge on any atom is 0.128 e. The summed E-state index contributed by atoms with van der Waals surface area (Å²) in [4.78, 5) is 0. The van der Waals surface area contributed by atoms with Crippen molar-refractivity contribution < 1.29 is 14.6 Å². The standard InChI is InChI=1S/C16H17BrO3/c1-11(18)15-7-6-14(9-16(15)17)20-13-5-3-4-12(8-13)10-19-2/h3-9,11,18H,10H2,1-2H3/t11-/m1/s1. The van der Waals surface area contributed by atoms with E-state index in [-0.39, 0.29) is 0 Å². The maximum atomic E-state index is 9.60. The number of ether oxygens (including phenoxy) is 2. The van der Waals surface area contributed by atoms with Gasteiger partial charge in [-0.05, 0) is 42.3 Å². The molecule has 0 aliphatic rings. The number of methoxy groups -OCH3 is 1. The topological polar surface area (TPSA) is 38.7 Å². The first kappa shape index (κ1) is 15.0. The van der Waals surface area contributed by atoms with Gasteiger partial charge in [-0.2, -0.15) is 0 Å². The summed E-state index contributed by atoms with van der Waals surface area (Å²) < 4.78 is 11.7. The maximum absolute atomic E-state index is 9.60. The van der Waals surface area contributed by atoms with Crippen molar-refractivity contribution in [3.8, 4) is 11.5 Å². The van der Waals surface area contributed by atoms with E-state index in [1.165, 1.54) is 0 Å². The molecule has 0 aromatic heterocycles. The van der Waals surface area contributed by atoms with Crippen LogP contribution in [0, 0.1) is 0 Å². The van der Waals surface area contributed by atoms with E-state index in [1.807, 2.05) is 42.5 Å². The smallest absolute Gasteiger partial charge is 0.128 e. The third-order valence-corrected chi connectivity index (χ3v) is 3.55. The second kappa shape index (κ2) is 6.88. The Morgan fingerprint density at radius 2 is 1.90 bits per heavy atom. The van der Waals surface area contributed by atoms with Gasteiger partial charge >= 0.3 is 0 Å². The van der Waals surface area contributed by atoms with Crippen molar-refractivity contribution in [1.82, 2.24) is 0 Å². The minimum atomic E-state index is -0.511. The van der Waals surface area contributed by atoms with Crippen molar-refractivity contribution in [1.29, 1.82) is 0 Å². The van der Waals surface area contributed by atoms with Crippen LogP contribution in [-0.2, 0) is 11.3 Å². The Labute approximate surface area is 127 Å². The highest BCUT2D eigenvalue weighted by atomic mass is 79.9. The first-order chi connectivity index (χ1) is 9.60. The van der Waals surface area contributed by atoms with E-state index in [4.69, 9.17) is 9.47 Å². The van der Waals surface area contributed by atoms with Gasteiger partial charge in [0.05, 0.1) is 12.7 Å². The number of halogens is 1. The van der Waals surface area contributed by atoms with Gasteiger partial charge in [0, 0.05) is 11.6 Å². The average Bonchev–Trinajstić information content (AvgIpc) is 2.39. The van der Waals surface area contributed by atoms with Crippen LogP contribution < -0.4 is 4.74 Å². The Morgan fingerprint density at radius 3 is 2.55 bits per heavy atom. The highest BCUT2D eigenvalue weighted by Gasteiger charge is 2.08. The molecule has 3 nitrogen and oxygen atoms in total. The molecule has 0 radical (unpaired) electrons. The van der Waals surface area contributed by atoms with Gasteiger partial charge in [0.15, 0.2) is 0 Å². The zero-order valence-corrected chi connectivity index (χ0v) is 13.1. The molecule has 0 heterocycles. The molecule has 20 heavy (non-hydrogen) atoms. The van der Waals surface area contributed by atoms with Crippen molar-refractivity contribution in [3.05, 3.63) is 58.1 Å². The molecular weight excluding hydrogens is 320 g/mol. The molecule has 0 aliphatic heterocycles. The van der Waals surface area contributed by atoms with E-state index in [1.54, 1.807) is 14.0 Å². The van der Waals surface area contributed by atoms with E-state index in [0.29, 0.717) is 6.61 Å². The third kappa shape index (κ3) is 3.82. The molecule has 0 bridgehead atoms. The van der Waals surface area contributed by atoms with Gasteiger partial charge < -0.3 is 14.6 Å². The first-order valence-corrected chi connectivity index (χ1v) is 7.12. The van der Waals surface area contributed by atoms with E-state index in [2.05, 4.69) is 15.9 Å². The Morgan fingerprint density at radius 1 is 1.15 bits per heavy atom. The summed E-state index contributed by atoms with van der Waals surface area (Å²) in [6.45, 7) is 2.29. The van der Waals surface area contributed by atoms with Crippen molar-refractivity contribution >= 4 is 15.9 Å². The number of hydrogen-bond acceptors (Lipinski definition) is 3. The quantitative estimate of drug-likeness (QED) is 0.877. The van der Waals surface area contributed by atoms with Crippen LogP contribution in [0.3, 0.4) is 0 Å². The normalized spacial score (nSPS) is 12.2. The highest BCUT2D eigenvalue weighted by Crippen LogP contribution is 2.30. The molecule has 1 N–H and O–H groups in total. The fourth-order valence-electron chi connectivity index (χ4n) is 1.91. The molecule has 0 amide bonds. The molecule has 1 atom stereocenters. The van der Waals surface area contributed by atoms with E-state index in [0.717, 1.165) is 27.1 Å². The fourth-order valence-corrected chi connectivity index (χ4v) is 2.60. The minimum Gasteiger partial charge on any atom is -0.457 e. The van der Waals surface area contributed by atoms with Gasteiger partial charge in [-0.15, -0.1) is 0 Å². The van der Waals surface area contributed by atoms with Crippen LogP contribution in [0.1, 0.15) is 24.2 Å². The van der Waals surface area contributed by atoms with Crippen LogP contribution in [-0.4, -0.2) is 12.2 Å². The van der Waals surface area contributed by atoms with Gasteiger partial charge in [-0.25, -0.2) is 0 Å². The second-order valence-electron chi connectivity index (χ2n) is 4.54. The van der Waals surface area contributed by atoms with Crippen LogP contribution in [0.5, 0.6) is 11.5 Å². The molecule has 0 saturated carbocycles. The van der Waals surface area contributed by atoms with Gasteiger partial charge in [0.2, 0.25) is 0 Å². The summed E-state index contributed by atoms with van der Waals surface area (Å²) in [7, 11) is 1.67. The van der Waals surface area contributed by atoms with E-state index in [9.17, 15) is 5.11 Å². The lowest BCUT2D eigenvalue weighted by Crippen LogP contribution is -1.94. The van der Waals surface area contributed by atoms with Crippen LogP contribution in [0.25, 0.3) is 0 Å². The third-order valence-electron chi connectivity index (χ3n) is 2.87. The van der Waals surface area contributed by atoms with Crippen LogP contribution in [0.2, 0.25) is 0 Å². The number of hydrogen-bond donors (Lipinski definition) is 1. The van der Waals surface area contributed by atoms with Gasteiger partial charge in [0.1, 0.15) is 11.5 Å². The van der Waals surface area contributed by atoms with Crippen molar-refractivity contribution in [3.63, 3.8) is 0 Å². The van der Waals surface area contributed by atoms with Crippen LogP contribution >= 0.6 is 15.9 Å². The zero-order chi connectivity index (χ0) is 14.5. The summed E-state index contributed by atoms with van der Waals surface area (Å²) in [5.74, 6) is 1.48. The monoisotopic (exact) mass is 336 g/mol.